The number of amides is 1. The van der Waals surface area contributed by atoms with Crippen molar-refractivity contribution >= 4 is 42.5 Å². The number of nitrogens with zero attached hydrogens (tertiary/aromatic N) is 3. The van der Waals surface area contributed by atoms with Gasteiger partial charge in [0.2, 0.25) is 0 Å². The van der Waals surface area contributed by atoms with Gasteiger partial charge < -0.3 is 19.2 Å². The van der Waals surface area contributed by atoms with E-state index in [4.69, 9.17) is 4.42 Å². The van der Waals surface area contributed by atoms with Gasteiger partial charge >= 0.3 is 0 Å². The highest BCUT2D eigenvalue weighted by atomic mass is 35.5. The molecule has 0 aromatic carbocycles. The highest BCUT2D eigenvalue weighted by molar-refractivity contribution is 7.98. The van der Waals surface area contributed by atoms with Crippen molar-refractivity contribution in [3.63, 3.8) is 0 Å². The molecular formula is C17H26Cl2N4O2S. The second kappa shape index (κ2) is 10.9. The number of carbonyl (C=O) groups is 1. The predicted octanol–water partition coefficient (Wildman–Crippen LogP) is 3.36. The second-order valence-corrected chi connectivity index (χ2v) is 6.96. The molecule has 3 rings (SSSR count). The van der Waals surface area contributed by atoms with Crippen molar-refractivity contribution in [2.75, 3.05) is 19.6 Å². The van der Waals surface area contributed by atoms with Crippen LogP contribution in [0.15, 0.2) is 34.1 Å². The molecule has 1 amide bonds. The zero-order valence-corrected chi connectivity index (χ0v) is 17.5. The molecule has 2 aromatic rings. The summed E-state index contributed by atoms with van der Waals surface area (Å²) < 4.78 is 7.77. The Bertz CT molecular complexity index is 686. The first-order valence-electron chi connectivity index (χ1n) is 8.39. The number of nitrogens with one attached hydrogen (secondary N) is 1. The predicted molar refractivity (Wildman–Crippen MR) is 109 cm³/mol. The van der Waals surface area contributed by atoms with Crippen LogP contribution in [-0.4, -0.2) is 46.0 Å². The first kappa shape index (κ1) is 22.9. The van der Waals surface area contributed by atoms with Gasteiger partial charge in [-0.05, 0) is 31.5 Å². The molecule has 26 heavy (non-hydrogen) atoms. The maximum Gasteiger partial charge on any atom is 0.289 e. The average molecular weight is 421 g/mol. The van der Waals surface area contributed by atoms with E-state index in [9.17, 15) is 4.79 Å². The van der Waals surface area contributed by atoms with Gasteiger partial charge in [-0.25, -0.2) is 4.98 Å². The van der Waals surface area contributed by atoms with Crippen molar-refractivity contribution < 1.29 is 9.21 Å². The summed E-state index contributed by atoms with van der Waals surface area (Å²) in [4.78, 5) is 19.0. The van der Waals surface area contributed by atoms with E-state index >= 15 is 0 Å². The number of rotatable bonds is 7. The van der Waals surface area contributed by atoms with E-state index in [1.54, 1.807) is 24.0 Å². The molecule has 6 nitrogen and oxygen atoms in total. The number of halogens is 2. The Balaban J connectivity index is 0.00000169. The Labute approximate surface area is 170 Å². The third-order valence-electron chi connectivity index (χ3n) is 4.19. The van der Waals surface area contributed by atoms with Gasteiger partial charge in [0.25, 0.3) is 5.91 Å². The highest BCUT2D eigenvalue weighted by Crippen LogP contribution is 2.23. The van der Waals surface area contributed by atoms with Gasteiger partial charge in [0.1, 0.15) is 5.76 Å². The fraction of sp³-hybridized carbons (Fsp3) is 0.529. The molecular weight excluding hydrogens is 395 g/mol. The monoisotopic (exact) mass is 420 g/mol. The molecule has 1 aliphatic rings. The van der Waals surface area contributed by atoms with Crippen LogP contribution in [0.25, 0.3) is 0 Å². The van der Waals surface area contributed by atoms with Crippen LogP contribution in [0.1, 0.15) is 36.1 Å². The smallest absolute Gasteiger partial charge is 0.289 e. The molecule has 0 aliphatic carbocycles. The van der Waals surface area contributed by atoms with Crippen LogP contribution in [0.3, 0.4) is 0 Å². The zero-order chi connectivity index (χ0) is 16.9. The number of hydrogen-bond acceptors (Lipinski definition) is 5. The third kappa shape index (κ3) is 5.42. The number of hydrogen-bond donors (Lipinski definition) is 1. The van der Waals surface area contributed by atoms with Crippen LogP contribution >= 0.6 is 36.6 Å². The Kier molecular flexibility index (Phi) is 9.57. The first-order chi connectivity index (χ1) is 11.7. The summed E-state index contributed by atoms with van der Waals surface area (Å²) in [7, 11) is 1.96. The molecule has 9 heteroatoms. The number of carbonyl (C=O) groups excluding carboxylic acids is 1. The first-order valence-corrected chi connectivity index (χ1v) is 9.38. The van der Waals surface area contributed by atoms with Crippen molar-refractivity contribution in [3.05, 3.63) is 36.0 Å². The van der Waals surface area contributed by atoms with Gasteiger partial charge in [-0.3, -0.25) is 4.79 Å². The lowest BCUT2D eigenvalue weighted by molar-refractivity contribution is 0.0658. The molecule has 0 saturated carbocycles. The lowest BCUT2D eigenvalue weighted by atomic mass is 10.2. The van der Waals surface area contributed by atoms with Crippen LogP contribution in [0.5, 0.6) is 0 Å². The quantitative estimate of drug-likeness (QED) is 0.695. The number of aromatic nitrogens is 2. The Morgan fingerprint density at radius 1 is 1.46 bits per heavy atom. The number of aryl methyl sites for hydroxylation is 1. The zero-order valence-electron chi connectivity index (χ0n) is 15.0. The van der Waals surface area contributed by atoms with Crippen LogP contribution in [-0.2, 0) is 12.8 Å². The molecule has 0 spiro atoms. The van der Waals surface area contributed by atoms with E-state index in [0.29, 0.717) is 11.5 Å². The Hall–Kier alpha value is -1.15. The normalized spacial score (nSPS) is 16.0. The van der Waals surface area contributed by atoms with Crippen molar-refractivity contribution in [2.24, 2.45) is 7.05 Å². The lowest BCUT2D eigenvalue weighted by Gasteiger charge is -2.27. The minimum absolute atomic E-state index is 0. The summed E-state index contributed by atoms with van der Waals surface area (Å²) in [6.45, 7) is 4.71. The number of thioether (sulfide) groups is 1. The molecule has 1 N–H and O–H groups in total. The summed E-state index contributed by atoms with van der Waals surface area (Å²) >= 11 is 1.60. The van der Waals surface area contributed by atoms with E-state index < -0.39 is 0 Å². The molecule has 146 valence electrons. The van der Waals surface area contributed by atoms with E-state index in [-0.39, 0.29) is 36.8 Å². The van der Waals surface area contributed by atoms with Crippen molar-refractivity contribution in [3.8, 4) is 0 Å². The van der Waals surface area contributed by atoms with Crippen molar-refractivity contribution in [1.29, 1.82) is 0 Å². The Morgan fingerprint density at radius 3 is 2.88 bits per heavy atom. The van der Waals surface area contributed by atoms with Crippen molar-refractivity contribution in [2.45, 2.75) is 36.7 Å². The SMILES string of the molecule is CCCN(C(=O)c1ccc(CSc2nccn2C)o1)C1CCNC1.Cl.Cl. The molecule has 1 saturated heterocycles. The lowest BCUT2D eigenvalue weighted by Crippen LogP contribution is -2.41. The summed E-state index contributed by atoms with van der Waals surface area (Å²) in [5.41, 5.74) is 0. The minimum Gasteiger partial charge on any atom is -0.455 e. The van der Waals surface area contributed by atoms with Crippen LogP contribution in [0.2, 0.25) is 0 Å². The molecule has 0 radical (unpaired) electrons. The van der Waals surface area contributed by atoms with E-state index in [0.717, 1.165) is 43.4 Å². The van der Waals surface area contributed by atoms with Gasteiger partial charge in [0.15, 0.2) is 10.9 Å². The van der Waals surface area contributed by atoms with E-state index in [1.807, 2.05) is 28.8 Å². The standard InChI is InChI=1S/C17H24N4O2S.2ClH/c1-3-9-21(13-6-7-18-11-13)16(22)15-5-4-14(23-15)12-24-17-19-8-10-20(17)2;;/h4-5,8,10,13,18H,3,6-7,9,11-12H2,1-2H3;2*1H. The molecule has 1 aliphatic heterocycles. The molecule has 1 fully saturated rings. The summed E-state index contributed by atoms with van der Waals surface area (Å²) in [6.07, 6.45) is 5.65. The van der Waals surface area contributed by atoms with Crippen LogP contribution in [0, 0.1) is 0 Å². The van der Waals surface area contributed by atoms with Crippen molar-refractivity contribution in [1.82, 2.24) is 19.8 Å². The topological polar surface area (TPSA) is 63.3 Å². The third-order valence-corrected chi connectivity index (χ3v) is 5.27. The van der Waals surface area contributed by atoms with Gasteiger partial charge in [-0.1, -0.05) is 18.7 Å². The summed E-state index contributed by atoms with van der Waals surface area (Å²) in [5, 5.41) is 4.26. The van der Waals surface area contributed by atoms with Gasteiger partial charge in [-0.15, -0.1) is 24.8 Å². The number of furan rings is 1. The molecule has 1 unspecified atom stereocenters. The summed E-state index contributed by atoms with van der Waals surface area (Å²) in [5.74, 6) is 1.90. The maximum atomic E-state index is 12.8. The number of imidazole rings is 1. The summed E-state index contributed by atoms with van der Waals surface area (Å²) in [6, 6.07) is 3.95. The molecule has 2 aromatic heterocycles. The fourth-order valence-corrected chi connectivity index (χ4v) is 3.76. The van der Waals surface area contributed by atoms with E-state index in [2.05, 4.69) is 17.2 Å². The fourth-order valence-electron chi connectivity index (χ4n) is 2.93. The van der Waals surface area contributed by atoms with Crippen LogP contribution in [0.4, 0.5) is 0 Å². The maximum absolute atomic E-state index is 12.8. The molecule has 0 bridgehead atoms. The highest BCUT2D eigenvalue weighted by Gasteiger charge is 2.28. The molecule has 1 atom stereocenters. The van der Waals surface area contributed by atoms with Crippen LogP contribution < -0.4 is 5.32 Å². The van der Waals surface area contributed by atoms with Gasteiger partial charge in [0.05, 0.1) is 5.75 Å². The minimum atomic E-state index is -0.00112. The Morgan fingerprint density at radius 2 is 2.27 bits per heavy atom. The van der Waals surface area contributed by atoms with E-state index in [1.165, 1.54) is 0 Å². The average Bonchev–Trinajstić information content (AvgIpc) is 3.32. The van der Waals surface area contributed by atoms with Gasteiger partial charge in [0, 0.05) is 38.6 Å². The largest absolute Gasteiger partial charge is 0.455 e. The second-order valence-electron chi connectivity index (χ2n) is 6.02. The molecule has 3 heterocycles. The van der Waals surface area contributed by atoms with Gasteiger partial charge in [-0.2, -0.15) is 0 Å².